The van der Waals surface area contributed by atoms with E-state index < -0.39 is 11.4 Å². The van der Waals surface area contributed by atoms with E-state index in [0.717, 1.165) is 43.7 Å². The number of benzene rings is 1. The van der Waals surface area contributed by atoms with Gasteiger partial charge >= 0.3 is 5.97 Å². The summed E-state index contributed by atoms with van der Waals surface area (Å²) in [6.07, 6.45) is 6.20. The topological polar surface area (TPSA) is 53.0 Å². The minimum atomic E-state index is -0.872. The minimum Gasteiger partial charge on any atom is -0.481 e. The second-order valence-corrected chi connectivity index (χ2v) is 10.1. The lowest BCUT2D eigenvalue weighted by Gasteiger charge is -2.33. The molecule has 0 aliphatic heterocycles. The molecule has 1 rings (SSSR count). The van der Waals surface area contributed by atoms with Gasteiger partial charge in [0, 0.05) is 31.1 Å². The van der Waals surface area contributed by atoms with E-state index in [4.69, 9.17) is 4.74 Å². The molecular formula is C32H54N2O3. The molecule has 37 heavy (non-hydrogen) atoms. The predicted octanol–water partition coefficient (Wildman–Crippen LogP) is 7.30. The van der Waals surface area contributed by atoms with Crippen LogP contribution in [0.25, 0.3) is 0 Å². The van der Waals surface area contributed by atoms with E-state index in [0.29, 0.717) is 19.1 Å². The largest absolute Gasteiger partial charge is 0.481 e. The fourth-order valence-electron chi connectivity index (χ4n) is 3.89. The molecule has 0 spiro atoms. The summed E-state index contributed by atoms with van der Waals surface area (Å²) in [7, 11) is 2.16. The van der Waals surface area contributed by atoms with Gasteiger partial charge in [-0.05, 0) is 91.1 Å². The zero-order chi connectivity index (χ0) is 28.6. The maximum atomic E-state index is 11.5. The summed E-state index contributed by atoms with van der Waals surface area (Å²) in [5.41, 5.74) is 4.78. The Labute approximate surface area is 227 Å². The first-order valence-corrected chi connectivity index (χ1v) is 13.8. The van der Waals surface area contributed by atoms with E-state index in [2.05, 4.69) is 68.5 Å². The second kappa shape index (κ2) is 18.0. The van der Waals surface area contributed by atoms with E-state index in [1.807, 2.05) is 39.8 Å². The highest BCUT2D eigenvalue weighted by molar-refractivity contribution is 5.80. The number of carboxylic acids is 1. The van der Waals surface area contributed by atoms with Gasteiger partial charge in [0.2, 0.25) is 0 Å². The Kier molecular flexibility index (Phi) is 16.8. The van der Waals surface area contributed by atoms with Crippen LogP contribution in [0, 0.1) is 5.92 Å². The van der Waals surface area contributed by atoms with Crippen LogP contribution in [0.15, 0.2) is 60.0 Å². The molecule has 0 heterocycles. The normalized spacial score (nSPS) is 12.2. The Hall–Kier alpha value is -2.37. The molecule has 1 aromatic carbocycles. The highest BCUT2D eigenvalue weighted by Gasteiger charge is 2.29. The van der Waals surface area contributed by atoms with Crippen molar-refractivity contribution in [1.82, 2.24) is 9.80 Å². The average molecular weight is 515 g/mol. The third-order valence-electron chi connectivity index (χ3n) is 6.64. The Morgan fingerprint density at radius 3 is 2.22 bits per heavy atom. The number of hydrogen-bond donors (Lipinski definition) is 1. The number of ether oxygens (including phenoxy) is 1. The maximum absolute atomic E-state index is 11.5. The van der Waals surface area contributed by atoms with Gasteiger partial charge in [-0.25, -0.2) is 0 Å². The van der Waals surface area contributed by atoms with Crippen LogP contribution in [0.1, 0.15) is 79.9 Å². The van der Waals surface area contributed by atoms with Crippen molar-refractivity contribution >= 4 is 5.97 Å². The van der Waals surface area contributed by atoms with Crippen molar-refractivity contribution in [2.75, 3.05) is 39.9 Å². The van der Waals surface area contributed by atoms with Gasteiger partial charge in [-0.3, -0.25) is 4.79 Å². The fraction of sp³-hybridized carbons (Fsp3) is 0.594. The predicted molar refractivity (Wildman–Crippen MR) is 159 cm³/mol. The Bertz CT molecular complexity index is 865. The molecule has 0 saturated carbocycles. The fourth-order valence-corrected chi connectivity index (χ4v) is 3.89. The molecule has 0 fully saturated rings. The molecule has 0 bridgehead atoms. The number of allylic oxidation sites excluding steroid dienone is 4. The molecule has 1 atom stereocenters. The quantitative estimate of drug-likeness (QED) is 0.185. The van der Waals surface area contributed by atoms with Crippen LogP contribution >= 0.6 is 0 Å². The summed E-state index contributed by atoms with van der Waals surface area (Å²) < 4.78 is 5.64. The number of hydrogen-bond acceptors (Lipinski definition) is 4. The lowest BCUT2D eigenvalue weighted by molar-refractivity contribution is -0.142. The summed E-state index contributed by atoms with van der Waals surface area (Å²) in [6, 6.07) is 7.99. The zero-order valence-corrected chi connectivity index (χ0v) is 25.4. The van der Waals surface area contributed by atoms with Crippen LogP contribution in [0.4, 0.5) is 0 Å². The number of likely N-dealkylation sites (N-methyl/N-ethyl adjacent to an activating group) is 1. The summed E-state index contributed by atoms with van der Waals surface area (Å²) in [4.78, 5) is 16.2. The monoisotopic (exact) mass is 514 g/mol. The van der Waals surface area contributed by atoms with Gasteiger partial charge in [-0.15, -0.1) is 0 Å². The van der Waals surface area contributed by atoms with Crippen LogP contribution in [0.2, 0.25) is 0 Å². The van der Waals surface area contributed by atoms with Crippen molar-refractivity contribution in [3.8, 4) is 0 Å². The van der Waals surface area contributed by atoms with Gasteiger partial charge in [0.15, 0.2) is 0 Å². The molecule has 5 nitrogen and oxygen atoms in total. The first-order chi connectivity index (χ1) is 17.4. The van der Waals surface area contributed by atoms with Crippen LogP contribution in [-0.4, -0.2) is 60.8 Å². The molecule has 0 aromatic heterocycles. The van der Waals surface area contributed by atoms with Gasteiger partial charge in [0.25, 0.3) is 0 Å². The van der Waals surface area contributed by atoms with Crippen molar-refractivity contribution in [3.05, 3.63) is 71.1 Å². The van der Waals surface area contributed by atoms with Gasteiger partial charge in [-0.1, -0.05) is 63.3 Å². The molecule has 1 aromatic rings. The van der Waals surface area contributed by atoms with Crippen LogP contribution in [0.5, 0.6) is 0 Å². The second-order valence-electron chi connectivity index (χ2n) is 10.1. The van der Waals surface area contributed by atoms with E-state index in [-0.39, 0.29) is 0 Å². The number of nitrogens with zero attached hydrogens (tertiary/aromatic N) is 2. The van der Waals surface area contributed by atoms with E-state index >= 15 is 0 Å². The van der Waals surface area contributed by atoms with E-state index in [1.165, 1.54) is 16.8 Å². The molecular weight excluding hydrogens is 460 g/mol. The number of carboxylic acid groups (broad SMARTS) is 1. The molecule has 0 radical (unpaired) electrons. The lowest BCUT2D eigenvalue weighted by Crippen LogP contribution is -2.31. The Balaban J connectivity index is 0.00000631. The smallest absolute Gasteiger partial charge is 0.313 e. The minimum absolute atomic E-state index is 0.344. The highest BCUT2D eigenvalue weighted by Crippen LogP contribution is 2.25. The molecule has 210 valence electrons. The first kappa shape index (κ1) is 34.6. The van der Waals surface area contributed by atoms with Gasteiger partial charge < -0.3 is 19.6 Å². The Morgan fingerprint density at radius 2 is 1.73 bits per heavy atom. The molecule has 1 N–H and O–H groups in total. The maximum Gasteiger partial charge on any atom is 0.313 e. The molecule has 1 unspecified atom stereocenters. The lowest BCUT2D eigenvalue weighted by atomic mass is 9.84. The van der Waals surface area contributed by atoms with Crippen molar-refractivity contribution in [1.29, 1.82) is 0 Å². The van der Waals surface area contributed by atoms with Crippen molar-refractivity contribution in [2.45, 2.75) is 80.6 Å². The SMILES string of the molecule is C=C(C(C)CCN(C)CCc1ccc(C(C)(C)C(=O)O)cc1)N(CCOCC)C(/C=C\C)=C(C)C.CC. The molecule has 0 amide bonds. The first-order valence-electron chi connectivity index (χ1n) is 13.8. The van der Waals surface area contributed by atoms with Crippen LogP contribution < -0.4 is 0 Å². The van der Waals surface area contributed by atoms with Gasteiger partial charge in [-0.2, -0.15) is 0 Å². The summed E-state index contributed by atoms with van der Waals surface area (Å²) in [5.74, 6) is -0.462. The van der Waals surface area contributed by atoms with Crippen molar-refractivity contribution in [2.24, 2.45) is 5.92 Å². The molecule has 0 saturated heterocycles. The van der Waals surface area contributed by atoms with Gasteiger partial charge in [0.1, 0.15) is 0 Å². The summed E-state index contributed by atoms with van der Waals surface area (Å²) >= 11 is 0. The van der Waals surface area contributed by atoms with Crippen molar-refractivity contribution < 1.29 is 14.6 Å². The number of carbonyl (C=O) groups is 1. The molecule has 0 aliphatic rings. The van der Waals surface area contributed by atoms with Gasteiger partial charge in [0.05, 0.1) is 12.0 Å². The Morgan fingerprint density at radius 1 is 1.14 bits per heavy atom. The molecule has 5 heteroatoms. The van der Waals surface area contributed by atoms with Crippen LogP contribution in [-0.2, 0) is 21.4 Å². The third-order valence-corrected chi connectivity index (χ3v) is 6.64. The summed E-state index contributed by atoms with van der Waals surface area (Å²) in [6.45, 7) is 26.7. The standard InChI is InChI=1S/C30H48N2O3.C2H6/c1-10-12-28(23(3)4)32(21-22-35-11-2)25(6)24(5)17-19-31(9)20-18-26-13-15-27(16-14-26)30(7,8)29(33)34;1-2/h10,12-16,24H,6,11,17-22H2,1-5,7-9H3,(H,33,34);1-2H3/b12-10-;. The third kappa shape index (κ3) is 11.7. The number of rotatable bonds is 16. The summed E-state index contributed by atoms with van der Waals surface area (Å²) in [5, 5.41) is 9.43. The van der Waals surface area contributed by atoms with E-state index in [1.54, 1.807) is 13.8 Å². The average Bonchev–Trinajstić information content (AvgIpc) is 2.88. The van der Waals surface area contributed by atoms with Crippen LogP contribution in [0.3, 0.4) is 0 Å². The van der Waals surface area contributed by atoms with Crippen molar-refractivity contribution in [3.63, 3.8) is 0 Å². The molecule has 0 aliphatic carbocycles. The number of aliphatic carboxylic acids is 1. The highest BCUT2D eigenvalue weighted by atomic mass is 16.5. The zero-order valence-electron chi connectivity index (χ0n) is 25.4. The van der Waals surface area contributed by atoms with E-state index in [9.17, 15) is 9.90 Å².